The van der Waals surface area contributed by atoms with E-state index in [2.05, 4.69) is 24.1 Å². The van der Waals surface area contributed by atoms with E-state index in [9.17, 15) is 4.39 Å². The highest BCUT2D eigenvalue weighted by Gasteiger charge is 2.34. The molecule has 2 unspecified atom stereocenters. The molecular formula is C16H25FN2. The lowest BCUT2D eigenvalue weighted by molar-refractivity contribution is 0.0613. The van der Waals surface area contributed by atoms with E-state index >= 15 is 0 Å². The fourth-order valence-electron chi connectivity index (χ4n) is 3.31. The molecule has 1 N–H and O–H groups in total. The van der Waals surface area contributed by atoms with Crippen LogP contribution >= 0.6 is 0 Å². The van der Waals surface area contributed by atoms with Gasteiger partial charge in [-0.15, -0.1) is 0 Å². The summed E-state index contributed by atoms with van der Waals surface area (Å²) in [7, 11) is 1.98. The van der Waals surface area contributed by atoms with Gasteiger partial charge < -0.3 is 5.32 Å². The van der Waals surface area contributed by atoms with Crippen LogP contribution < -0.4 is 5.32 Å². The average molecular weight is 264 g/mol. The Bertz CT molecular complexity index is 403. The fourth-order valence-corrected chi connectivity index (χ4v) is 3.31. The van der Waals surface area contributed by atoms with Crippen molar-refractivity contribution >= 4 is 0 Å². The van der Waals surface area contributed by atoms with Gasteiger partial charge in [0, 0.05) is 17.6 Å². The smallest absolute Gasteiger partial charge is 0.127 e. The van der Waals surface area contributed by atoms with Crippen molar-refractivity contribution in [2.75, 3.05) is 20.1 Å². The molecule has 0 amide bonds. The third kappa shape index (κ3) is 3.15. The first-order chi connectivity index (χ1) is 9.15. The average Bonchev–Trinajstić information content (AvgIpc) is 2.40. The van der Waals surface area contributed by atoms with Gasteiger partial charge in [-0.05, 0) is 58.8 Å². The van der Waals surface area contributed by atoms with Crippen molar-refractivity contribution in [1.29, 1.82) is 0 Å². The van der Waals surface area contributed by atoms with Gasteiger partial charge in [-0.2, -0.15) is 0 Å². The Kier molecular flexibility index (Phi) is 4.94. The predicted molar refractivity (Wildman–Crippen MR) is 77.6 cm³/mol. The molecule has 2 rings (SSSR count). The number of nitrogens with zero attached hydrogens (tertiary/aromatic N) is 1. The first kappa shape index (κ1) is 14.5. The molecule has 1 heterocycles. The quantitative estimate of drug-likeness (QED) is 0.898. The third-order valence-electron chi connectivity index (χ3n) is 4.15. The van der Waals surface area contributed by atoms with E-state index in [0.717, 1.165) is 18.7 Å². The normalized spacial score (nSPS) is 24.9. The summed E-state index contributed by atoms with van der Waals surface area (Å²) in [6.07, 6.45) is 2.37. The fraction of sp³-hybridized carbons (Fsp3) is 0.625. The Labute approximate surface area is 116 Å². The van der Waals surface area contributed by atoms with Crippen LogP contribution in [0.3, 0.4) is 0 Å². The van der Waals surface area contributed by atoms with Crippen molar-refractivity contribution in [3.05, 3.63) is 35.6 Å². The van der Waals surface area contributed by atoms with Crippen molar-refractivity contribution in [1.82, 2.24) is 10.2 Å². The van der Waals surface area contributed by atoms with E-state index in [4.69, 9.17) is 0 Å². The highest BCUT2D eigenvalue weighted by atomic mass is 19.1. The lowest BCUT2D eigenvalue weighted by Gasteiger charge is -2.44. The molecule has 1 aromatic carbocycles. The van der Waals surface area contributed by atoms with E-state index in [1.54, 1.807) is 12.1 Å². The number of hydrogen-bond acceptors (Lipinski definition) is 2. The van der Waals surface area contributed by atoms with Gasteiger partial charge in [0.25, 0.3) is 0 Å². The highest BCUT2D eigenvalue weighted by Crippen LogP contribution is 2.37. The first-order valence-corrected chi connectivity index (χ1v) is 7.30. The molecule has 1 aromatic rings. The van der Waals surface area contributed by atoms with Gasteiger partial charge in [0.2, 0.25) is 0 Å². The lowest BCUT2D eigenvalue weighted by Crippen LogP contribution is -2.45. The van der Waals surface area contributed by atoms with Crippen LogP contribution in [0.2, 0.25) is 0 Å². The van der Waals surface area contributed by atoms with Crippen molar-refractivity contribution in [3.63, 3.8) is 0 Å². The molecule has 0 aromatic heterocycles. The van der Waals surface area contributed by atoms with Crippen LogP contribution in [0.4, 0.5) is 4.39 Å². The van der Waals surface area contributed by atoms with Crippen molar-refractivity contribution in [2.24, 2.45) is 5.92 Å². The molecule has 0 aliphatic carbocycles. The predicted octanol–water partition coefficient (Wildman–Crippen LogP) is 3.21. The van der Waals surface area contributed by atoms with E-state index in [0.29, 0.717) is 12.0 Å². The van der Waals surface area contributed by atoms with Crippen LogP contribution in [-0.4, -0.2) is 31.1 Å². The molecule has 2 atom stereocenters. The zero-order valence-electron chi connectivity index (χ0n) is 12.2. The molecule has 0 radical (unpaired) electrons. The molecule has 2 nitrogen and oxygen atoms in total. The Morgan fingerprint density at radius 2 is 2.11 bits per heavy atom. The summed E-state index contributed by atoms with van der Waals surface area (Å²) < 4.78 is 14.2. The minimum atomic E-state index is -0.0684. The van der Waals surface area contributed by atoms with E-state index in [1.807, 2.05) is 19.2 Å². The Morgan fingerprint density at radius 3 is 2.74 bits per heavy atom. The maximum atomic E-state index is 14.2. The number of likely N-dealkylation sites (tertiary alicyclic amines) is 1. The van der Waals surface area contributed by atoms with Gasteiger partial charge in [0.1, 0.15) is 5.82 Å². The maximum Gasteiger partial charge on any atom is 0.127 e. The van der Waals surface area contributed by atoms with E-state index in [1.165, 1.54) is 12.8 Å². The summed E-state index contributed by atoms with van der Waals surface area (Å²) in [6, 6.07) is 7.89. The van der Waals surface area contributed by atoms with Crippen LogP contribution in [0.1, 0.15) is 38.3 Å². The monoisotopic (exact) mass is 264 g/mol. The van der Waals surface area contributed by atoms with Crippen molar-refractivity contribution in [2.45, 2.75) is 38.8 Å². The zero-order chi connectivity index (χ0) is 13.8. The SMILES string of the molecule is CNCC1CCCN(C(C)C)C1c1ccccc1F. The number of rotatable bonds is 4. The minimum Gasteiger partial charge on any atom is -0.319 e. The van der Waals surface area contributed by atoms with Gasteiger partial charge in [0.15, 0.2) is 0 Å². The van der Waals surface area contributed by atoms with Gasteiger partial charge in [-0.3, -0.25) is 4.90 Å². The number of nitrogens with one attached hydrogen (secondary N) is 1. The summed E-state index contributed by atoms with van der Waals surface area (Å²) in [4.78, 5) is 2.45. The number of hydrogen-bond donors (Lipinski definition) is 1. The summed E-state index contributed by atoms with van der Waals surface area (Å²) in [5.74, 6) is 0.416. The second-order valence-corrected chi connectivity index (χ2v) is 5.76. The summed E-state index contributed by atoms with van der Waals surface area (Å²) >= 11 is 0. The zero-order valence-corrected chi connectivity index (χ0v) is 12.2. The Hall–Kier alpha value is -0.930. The summed E-state index contributed by atoms with van der Waals surface area (Å²) in [5, 5.41) is 3.27. The molecule has 0 bridgehead atoms. The third-order valence-corrected chi connectivity index (χ3v) is 4.15. The molecule has 0 saturated carbocycles. The maximum absolute atomic E-state index is 14.2. The van der Waals surface area contributed by atoms with Crippen LogP contribution in [0, 0.1) is 11.7 Å². The number of piperidine rings is 1. The standard InChI is InChI=1S/C16H25FN2/c1-12(2)19-10-6-7-13(11-18-3)16(19)14-8-4-5-9-15(14)17/h4-5,8-9,12-13,16,18H,6-7,10-11H2,1-3H3. The summed E-state index contributed by atoms with van der Waals surface area (Å²) in [6.45, 7) is 6.42. The van der Waals surface area contributed by atoms with Crippen molar-refractivity contribution < 1.29 is 4.39 Å². The summed E-state index contributed by atoms with van der Waals surface area (Å²) in [5.41, 5.74) is 0.858. The van der Waals surface area contributed by atoms with Crippen LogP contribution in [0.5, 0.6) is 0 Å². The molecule has 1 saturated heterocycles. The highest BCUT2D eigenvalue weighted by molar-refractivity contribution is 5.23. The first-order valence-electron chi connectivity index (χ1n) is 7.30. The molecule has 1 aliphatic rings. The van der Waals surface area contributed by atoms with E-state index < -0.39 is 0 Å². The molecule has 1 aliphatic heterocycles. The molecule has 3 heteroatoms. The molecule has 0 spiro atoms. The second kappa shape index (κ2) is 6.49. The molecule has 106 valence electrons. The second-order valence-electron chi connectivity index (χ2n) is 5.76. The molecular weight excluding hydrogens is 239 g/mol. The van der Waals surface area contributed by atoms with Crippen LogP contribution in [-0.2, 0) is 0 Å². The van der Waals surface area contributed by atoms with Crippen LogP contribution in [0.25, 0.3) is 0 Å². The van der Waals surface area contributed by atoms with Crippen LogP contribution in [0.15, 0.2) is 24.3 Å². The topological polar surface area (TPSA) is 15.3 Å². The number of benzene rings is 1. The molecule has 19 heavy (non-hydrogen) atoms. The molecule has 1 fully saturated rings. The van der Waals surface area contributed by atoms with Crippen molar-refractivity contribution in [3.8, 4) is 0 Å². The minimum absolute atomic E-state index is 0.0684. The lowest BCUT2D eigenvalue weighted by atomic mass is 9.83. The van der Waals surface area contributed by atoms with Gasteiger partial charge >= 0.3 is 0 Å². The Morgan fingerprint density at radius 1 is 1.37 bits per heavy atom. The van der Waals surface area contributed by atoms with Gasteiger partial charge in [0.05, 0.1) is 0 Å². The Balaban J connectivity index is 2.34. The largest absolute Gasteiger partial charge is 0.319 e. The van der Waals surface area contributed by atoms with Gasteiger partial charge in [-0.1, -0.05) is 18.2 Å². The van der Waals surface area contributed by atoms with Gasteiger partial charge in [-0.25, -0.2) is 4.39 Å². The van der Waals surface area contributed by atoms with E-state index in [-0.39, 0.29) is 11.9 Å². The number of halogens is 1.